The Bertz CT molecular complexity index is 1440. The summed E-state index contributed by atoms with van der Waals surface area (Å²) in [6.45, 7) is 1.84. The van der Waals surface area contributed by atoms with E-state index in [9.17, 15) is 18.4 Å². The Hall–Kier alpha value is -4.47. The Balaban J connectivity index is 1.39. The maximum absolute atomic E-state index is 13.9. The fourth-order valence-corrected chi connectivity index (χ4v) is 3.75. The number of carbonyl (C=O) groups is 1. The van der Waals surface area contributed by atoms with Crippen molar-refractivity contribution in [3.63, 3.8) is 0 Å². The number of rotatable bonds is 5. The molecule has 0 aliphatic carbocycles. The molecule has 0 fully saturated rings. The van der Waals surface area contributed by atoms with E-state index in [2.05, 4.69) is 20.0 Å². The summed E-state index contributed by atoms with van der Waals surface area (Å²) in [7, 11) is 0. The van der Waals surface area contributed by atoms with Gasteiger partial charge in [0.25, 0.3) is 0 Å². The summed E-state index contributed by atoms with van der Waals surface area (Å²) in [6, 6.07) is 13.7. The molecule has 0 saturated carbocycles. The lowest BCUT2D eigenvalue weighted by Gasteiger charge is -2.31. The normalized spacial score (nSPS) is 12.9. The van der Waals surface area contributed by atoms with E-state index in [4.69, 9.17) is 4.74 Å². The van der Waals surface area contributed by atoms with Gasteiger partial charge in [-0.2, -0.15) is 0 Å². The van der Waals surface area contributed by atoms with Gasteiger partial charge in [0.1, 0.15) is 24.0 Å². The summed E-state index contributed by atoms with van der Waals surface area (Å²) in [6.07, 6.45) is 0. The molecule has 0 saturated heterocycles. The van der Waals surface area contributed by atoms with Crippen LogP contribution >= 0.6 is 0 Å². The van der Waals surface area contributed by atoms with Crippen LogP contribution in [0, 0.1) is 18.6 Å². The molecule has 4 aromatic rings. The average molecular weight is 464 g/mol. The van der Waals surface area contributed by atoms with E-state index in [1.807, 2.05) is 13.0 Å². The van der Waals surface area contributed by atoms with Crippen LogP contribution < -0.4 is 20.7 Å². The molecule has 2 N–H and O–H groups in total. The molecule has 8 nitrogen and oxygen atoms in total. The maximum atomic E-state index is 13.9. The molecular formula is C24H18F2N4O4. The lowest BCUT2D eigenvalue weighted by atomic mass is 10.0. The number of hydrogen-bond acceptors (Lipinski definition) is 5. The monoisotopic (exact) mass is 464 g/mol. The summed E-state index contributed by atoms with van der Waals surface area (Å²) >= 11 is 0. The van der Waals surface area contributed by atoms with E-state index in [-0.39, 0.29) is 30.6 Å². The molecule has 0 bridgehead atoms. The first-order chi connectivity index (χ1) is 16.4. The molecule has 0 unspecified atom stereocenters. The first kappa shape index (κ1) is 21.4. The number of nitrogens with one attached hydrogen (secondary N) is 2. The molecule has 1 aliphatic heterocycles. The van der Waals surface area contributed by atoms with E-state index < -0.39 is 17.4 Å². The molecule has 3 aromatic carbocycles. The SMILES string of the molecule is Cc1ccc(OCc2c(F)cccc2F)cc1N1Cc2ccc(-c3noc(=O)[nH]3)cc2NC1=O. The number of nitrogens with zero attached hydrogens (tertiary/aromatic N) is 2. The third kappa shape index (κ3) is 4.01. The van der Waals surface area contributed by atoms with Crippen molar-refractivity contribution in [1.82, 2.24) is 10.1 Å². The number of carbonyl (C=O) groups excluding carboxylic acids is 1. The highest BCUT2D eigenvalue weighted by atomic mass is 19.1. The number of hydrogen-bond donors (Lipinski definition) is 2. The van der Waals surface area contributed by atoms with Gasteiger partial charge in [-0.1, -0.05) is 29.4 Å². The third-order valence-electron chi connectivity index (χ3n) is 5.56. The van der Waals surface area contributed by atoms with E-state index >= 15 is 0 Å². The van der Waals surface area contributed by atoms with Crippen LogP contribution in [0.2, 0.25) is 0 Å². The van der Waals surface area contributed by atoms with Crippen LogP contribution in [0.1, 0.15) is 16.7 Å². The van der Waals surface area contributed by atoms with Crippen molar-refractivity contribution in [2.24, 2.45) is 0 Å². The molecule has 0 atom stereocenters. The average Bonchev–Trinajstić information content (AvgIpc) is 3.25. The number of aromatic nitrogens is 2. The summed E-state index contributed by atoms with van der Waals surface area (Å²) < 4.78 is 38.0. The highest BCUT2D eigenvalue weighted by Crippen LogP contribution is 2.34. The standard InChI is InChI=1S/C24H18F2N4O4/c1-13-5-8-16(33-12-17-18(25)3-2-4-19(17)26)10-21(13)30-11-15-7-6-14(9-20(15)27-23(30)31)22-28-24(32)34-29-22/h2-10H,11-12H2,1H3,(H,27,31)(H,28,29,32). The van der Waals surface area contributed by atoms with Crippen molar-refractivity contribution >= 4 is 17.4 Å². The van der Waals surface area contributed by atoms with Crippen LogP contribution in [0.5, 0.6) is 5.75 Å². The number of H-pyrrole nitrogens is 1. The van der Waals surface area contributed by atoms with E-state index in [1.165, 1.54) is 18.2 Å². The second-order valence-corrected chi connectivity index (χ2v) is 7.77. The van der Waals surface area contributed by atoms with Gasteiger partial charge in [0.2, 0.25) is 0 Å². The summed E-state index contributed by atoms with van der Waals surface area (Å²) in [4.78, 5) is 28.2. The molecule has 1 aromatic heterocycles. The Morgan fingerprint density at radius 3 is 2.62 bits per heavy atom. The van der Waals surface area contributed by atoms with Crippen LogP contribution in [0.15, 0.2) is 63.9 Å². The number of urea groups is 1. The first-order valence-electron chi connectivity index (χ1n) is 10.3. The Labute approximate surface area is 191 Å². The number of ether oxygens (including phenoxy) is 1. The summed E-state index contributed by atoms with van der Waals surface area (Å²) in [5.74, 6) is -1.41. The predicted molar refractivity (Wildman–Crippen MR) is 120 cm³/mol. The van der Waals surface area contributed by atoms with Crippen molar-refractivity contribution in [3.05, 3.63) is 93.5 Å². The minimum absolute atomic E-state index is 0.168. The number of amides is 2. The summed E-state index contributed by atoms with van der Waals surface area (Å²) in [5, 5.41) is 6.50. The second-order valence-electron chi connectivity index (χ2n) is 7.77. The Kier molecular flexibility index (Phi) is 5.33. The zero-order valence-electron chi connectivity index (χ0n) is 17.9. The van der Waals surface area contributed by atoms with Gasteiger partial charge >= 0.3 is 11.8 Å². The zero-order valence-corrected chi connectivity index (χ0v) is 17.9. The minimum atomic E-state index is -0.687. The first-order valence-corrected chi connectivity index (χ1v) is 10.3. The molecule has 0 radical (unpaired) electrons. The fraction of sp³-hybridized carbons (Fsp3) is 0.125. The van der Waals surface area contributed by atoms with Crippen LogP contribution in [-0.2, 0) is 13.2 Å². The molecule has 2 amide bonds. The number of benzene rings is 3. The quantitative estimate of drug-likeness (QED) is 0.444. The van der Waals surface area contributed by atoms with Gasteiger partial charge in [-0.3, -0.25) is 14.4 Å². The van der Waals surface area contributed by atoms with Gasteiger partial charge < -0.3 is 10.1 Å². The largest absolute Gasteiger partial charge is 0.489 e. The van der Waals surface area contributed by atoms with E-state index in [0.717, 1.165) is 11.1 Å². The van der Waals surface area contributed by atoms with E-state index in [0.29, 0.717) is 22.7 Å². The maximum Gasteiger partial charge on any atom is 0.439 e. The number of aryl methyl sites for hydroxylation is 1. The van der Waals surface area contributed by atoms with Crippen LogP contribution in [0.4, 0.5) is 25.0 Å². The summed E-state index contributed by atoms with van der Waals surface area (Å²) in [5.41, 5.74) is 3.26. The van der Waals surface area contributed by atoms with Crippen molar-refractivity contribution < 1.29 is 22.8 Å². The molecule has 34 heavy (non-hydrogen) atoms. The second kappa shape index (κ2) is 8.47. The zero-order chi connectivity index (χ0) is 23.8. The number of halogens is 2. The molecule has 5 rings (SSSR count). The van der Waals surface area contributed by atoms with Gasteiger partial charge in [0.05, 0.1) is 17.8 Å². The molecular weight excluding hydrogens is 446 g/mol. The topological polar surface area (TPSA) is 100 Å². The van der Waals surface area contributed by atoms with Gasteiger partial charge in [0, 0.05) is 17.3 Å². The van der Waals surface area contributed by atoms with Gasteiger partial charge in [-0.25, -0.2) is 18.4 Å². The van der Waals surface area contributed by atoms with Crippen molar-refractivity contribution in [3.8, 4) is 17.1 Å². The molecule has 2 heterocycles. The minimum Gasteiger partial charge on any atom is -0.489 e. The Morgan fingerprint density at radius 2 is 1.88 bits per heavy atom. The number of anilines is 2. The van der Waals surface area contributed by atoms with Crippen molar-refractivity contribution in [1.29, 1.82) is 0 Å². The highest BCUT2D eigenvalue weighted by molar-refractivity contribution is 6.05. The molecule has 1 aliphatic rings. The smallest absolute Gasteiger partial charge is 0.439 e. The molecule has 0 spiro atoms. The van der Waals surface area contributed by atoms with Crippen molar-refractivity contribution in [2.75, 3.05) is 10.2 Å². The lowest BCUT2D eigenvalue weighted by Crippen LogP contribution is -2.39. The fourth-order valence-electron chi connectivity index (χ4n) is 3.75. The van der Waals surface area contributed by atoms with Crippen LogP contribution in [0.3, 0.4) is 0 Å². The number of fused-ring (bicyclic) bond motifs is 1. The van der Waals surface area contributed by atoms with Gasteiger partial charge in [0.15, 0.2) is 5.82 Å². The van der Waals surface area contributed by atoms with Crippen molar-refractivity contribution in [2.45, 2.75) is 20.1 Å². The van der Waals surface area contributed by atoms with Gasteiger partial charge in [-0.15, -0.1) is 0 Å². The van der Waals surface area contributed by atoms with E-state index in [1.54, 1.807) is 35.2 Å². The van der Waals surface area contributed by atoms with Crippen LogP contribution in [0.25, 0.3) is 11.4 Å². The molecule has 10 heteroatoms. The van der Waals surface area contributed by atoms with Gasteiger partial charge in [-0.05, 0) is 42.3 Å². The Morgan fingerprint density at radius 1 is 1.09 bits per heavy atom. The number of aromatic amines is 1. The third-order valence-corrected chi connectivity index (χ3v) is 5.56. The predicted octanol–water partition coefficient (Wildman–Crippen LogP) is 4.75. The highest BCUT2D eigenvalue weighted by Gasteiger charge is 2.26. The van der Waals surface area contributed by atoms with Crippen LogP contribution in [-0.4, -0.2) is 16.2 Å². The molecule has 172 valence electrons. The lowest BCUT2D eigenvalue weighted by molar-refractivity contribution is 0.256.